The number of hydrogen-bond donors (Lipinski definition) is 0. The zero-order valence-electron chi connectivity index (χ0n) is 34.1. The van der Waals surface area contributed by atoms with E-state index in [0.717, 1.165) is 17.1 Å². The summed E-state index contributed by atoms with van der Waals surface area (Å²) in [6.07, 6.45) is 0. The lowest BCUT2D eigenvalue weighted by molar-refractivity contribution is 0.768. The standard InChI is InChI=1S/C61H41N/c1-2-20-45(21-3-1)61(58-32-11-8-26-55(58)56-27-9-12-33-59(56)61)46-22-15-23-48(41-46)62(47-38-35-44(36-39-47)50-29-14-19-42-17-4-6-24-49(42)50)60-34-13-10-28-57(60)53-31-16-30-52-51-25-7-5-18-43(51)37-40-54(52)53/h1-41H. The number of fused-ring (bicyclic) bond motifs is 7. The summed E-state index contributed by atoms with van der Waals surface area (Å²) < 4.78 is 0. The SMILES string of the molecule is c1ccc(C2(c3cccc(N(c4ccc(-c5cccc6ccccc56)cc4)c4ccccc4-c4cccc5c4ccc4ccccc45)c3)c3ccccc3-c3ccccc32)cc1. The van der Waals surface area contributed by atoms with Crippen molar-refractivity contribution in [2.24, 2.45) is 0 Å². The Morgan fingerprint density at radius 3 is 1.58 bits per heavy atom. The molecule has 1 aliphatic rings. The van der Waals surface area contributed by atoms with E-state index in [0.29, 0.717) is 0 Å². The van der Waals surface area contributed by atoms with Crippen LogP contribution >= 0.6 is 0 Å². The summed E-state index contributed by atoms with van der Waals surface area (Å²) in [5, 5.41) is 7.50. The van der Waals surface area contributed by atoms with Crippen LogP contribution in [0.2, 0.25) is 0 Å². The first-order chi connectivity index (χ1) is 30.8. The van der Waals surface area contributed by atoms with Crippen molar-refractivity contribution in [2.45, 2.75) is 5.41 Å². The summed E-state index contributed by atoms with van der Waals surface area (Å²) in [5.41, 5.74) is 15.2. The molecule has 62 heavy (non-hydrogen) atoms. The third-order valence-electron chi connectivity index (χ3n) is 13.1. The Kier molecular flexibility index (Phi) is 8.47. The molecule has 1 nitrogen and oxygen atoms in total. The highest BCUT2D eigenvalue weighted by atomic mass is 15.1. The van der Waals surface area contributed by atoms with E-state index >= 15 is 0 Å². The number of para-hydroxylation sites is 1. The van der Waals surface area contributed by atoms with Crippen molar-refractivity contribution in [3.8, 4) is 33.4 Å². The molecule has 0 radical (unpaired) electrons. The lowest BCUT2D eigenvalue weighted by Crippen LogP contribution is -2.28. The highest BCUT2D eigenvalue weighted by molar-refractivity contribution is 6.13. The summed E-state index contributed by atoms with van der Waals surface area (Å²) in [4.78, 5) is 2.47. The number of benzene rings is 11. The number of nitrogens with zero attached hydrogens (tertiary/aromatic N) is 1. The molecule has 0 saturated carbocycles. The minimum absolute atomic E-state index is 0.523. The molecule has 0 aliphatic heterocycles. The second kappa shape index (κ2) is 14.6. The first-order valence-corrected chi connectivity index (χ1v) is 21.5. The van der Waals surface area contributed by atoms with Crippen molar-refractivity contribution in [2.75, 3.05) is 4.90 Å². The van der Waals surface area contributed by atoms with E-state index in [1.165, 1.54) is 88.0 Å². The Labute approximate surface area is 362 Å². The van der Waals surface area contributed by atoms with Crippen LogP contribution in [-0.2, 0) is 5.41 Å². The first kappa shape index (κ1) is 35.9. The van der Waals surface area contributed by atoms with Crippen LogP contribution in [0.1, 0.15) is 22.3 Å². The normalized spacial score (nSPS) is 12.6. The lowest BCUT2D eigenvalue weighted by atomic mass is 9.67. The molecule has 0 heterocycles. The first-order valence-electron chi connectivity index (χ1n) is 21.5. The topological polar surface area (TPSA) is 3.24 Å². The van der Waals surface area contributed by atoms with Crippen molar-refractivity contribution in [3.63, 3.8) is 0 Å². The van der Waals surface area contributed by atoms with Crippen LogP contribution in [0.25, 0.3) is 65.7 Å². The molecule has 11 aromatic carbocycles. The van der Waals surface area contributed by atoms with Gasteiger partial charge in [-0.25, -0.2) is 0 Å². The molecule has 0 fully saturated rings. The van der Waals surface area contributed by atoms with Gasteiger partial charge in [-0.15, -0.1) is 0 Å². The van der Waals surface area contributed by atoms with Gasteiger partial charge in [0.2, 0.25) is 0 Å². The van der Waals surface area contributed by atoms with Crippen LogP contribution in [-0.4, -0.2) is 0 Å². The highest BCUT2D eigenvalue weighted by Gasteiger charge is 2.46. The third kappa shape index (κ3) is 5.56. The lowest BCUT2D eigenvalue weighted by Gasteiger charge is -2.35. The van der Waals surface area contributed by atoms with Crippen LogP contribution in [0, 0.1) is 0 Å². The van der Waals surface area contributed by atoms with E-state index < -0.39 is 5.41 Å². The van der Waals surface area contributed by atoms with E-state index in [9.17, 15) is 0 Å². The quantitative estimate of drug-likeness (QED) is 0.145. The van der Waals surface area contributed by atoms with E-state index in [1.807, 2.05) is 0 Å². The highest BCUT2D eigenvalue weighted by Crippen LogP contribution is 2.57. The summed E-state index contributed by atoms with van der Waals surface area (Å²) >= 11 is 0. The van der Waals surface area contributed by atoms with Gasteiger partial charge >= 0.3 is 0 Å². The molecule has 0 N–H and O–H groups in total. The fourth-order valence-electron chi connectivity index (χ4n) is 10.5. The van der Waals surface area contributed by atoms with E-state index in [2.05, 4.69) is 254 Å². The Hall–Kier alpha value is -8.00. The van der Waals surface area contributed by atoms with Gasteiger partial charge in [0.1, 0.15) is 0 Å². The van der Waals surface area contributed by atoms with E-state index in [1.54, 1.807) is 0 Å². The van der Waals surface area contributed by atoms with Crippen LogP contribution in [0.5, 0.6) is 0 Å². The number of anilines is 3. The summed E-state index contributed by atoms with van der Waals surface area (Å²) in [5.74, 6) is 0. The molecular weight excluding hydrogens is 747 g/mol. The van der Waals surface area contributed by atoms with Gasteiger partial charge in [-0.2, -0.15) is 0 Å². The van der Waals surface area contributed by atoms with Gasteiger partial charge in [-0.05, 0) is 113 Å². The number of rotatable bonds is 7. The zero-order chi connectivity index (χ0) is 41.0. The molecule has 0 bridgehead atoms. The Morgan fingerprint density at radius 1 is 0.274 bits per heavy atom. The summed E-state index contributed by atoms with van der Waals surface area (Å²) in [7, 11) is 0. The van der Waals surface area contributed by atoms with Gasteiger partial charge in [0, 0.05) is 16.9 Å². The molecule has 0 atom stereocenters. The molecule has 0 aromatic heterocycles. The smallest absolute Gasteiger partial charge is 0.0714 e. The average molecular weight is 788 g/mol. The van der Waals surface area contributed by atoms with Crippen molar-refractivity contribution >= 4 is 49.4 Å². The van der Waals surface area contributed by atoms with Gasteiger partial charge in [0.15, 0.2) is 0 Å². The van der Waals surface area contributed by atoms with Crippen LogP contribution in [0.4, 0.5) is 17.1 Å². The maximum Gasteiger partial charge on any atom is 0.0714 e. The van der Waals surface area contributed by atoms with E-state index in [4.69, 9.17) is 0 Å². The fraction of sp³-hybridized carbons (Fsp3) is 0.0164. The average Bonchev–Trinajstić information content (AvgIpc) is 3.65. The maximum absolute atomic E-state index is 2.47. The minimum Gasteiger partial charge on any atom is -0.310 e. The number of hydrogen-bond acceptors (Lipinski definition) is 1. The molecule has 0 unspecified atom stereocenters. The van der Waals surface area contributed by atoms with Gasteiger partial charge in [0.05, 0.1) is 11.1 Å². The molecule has 0 saturated heterocycles. The van der Waals surface area contributed by atoms with Crippen LogP contribution < -0.4 is 4.90 Å². The predicted octanol–water partition coefficient (Wildman–Crippen LogP) is 16.3. The largest absolute Gasteiger partial charge is 0.310 e. The summed E-state index contributed by atoms with van der Waals surface area (Å²) in [6, 6.07) is 91.7. The van der Waals surface area contributed by atoms with Crippen LogP contribution in [0.3, 0.4) is 0 Å². The van der Waals surface area contributed by atoms with Gasteiger partial charge in [0.25, 0.3) is 0 Å². The van der Waals surface area contributed by atoms with Gasteiger partial charge < -0.3 is 4.90 Å². The minimum atomic E-state index is -0.523. The Morgan fingerprint density at radius 2 is 0.806 bits per heavy atom. The van der Waals surface area contributed by atoms with Crippen molar-refractivity contribution in [1.82, 2.24) is 0 Å². The molecule has 12 rings (SSSR count). The molecule has 1 heteroatoms. The van der Waals surface area contributed by atoms with E-state index in [-0.39, 0.29) is 0 Å². The molecule has 0 spiro atoms. The van der Waals surface area contributed by atoms with Crippen molar-refractivity contribution in [3.05, 3.63) is 271 Å². The maximum atomic E-state index is 2.47. The molecule has 290 valence electrons. The van der Waals surface area contributed by atoms with Gasteiger partial charge in [-0.1, -0.05) is 218 Å². The van der Waals surface area contributed by atoms with Gasteiger partial charge in [-0.3, -0.25) is 0 Å². The zero-order valence-corrected chi connectivity index (χ0v) is 34.1. The third-order valence-corrected chi connectivity index (χ3v) is 13.1. The monoisotopic (exact) mass is 787 g/mol. The van der Waals surface area contributed by atoms with Crippen LogP contribution in [0.15, 0.2) is 249 Å². The fourth-order valence-corrected chi connectivity index (χ4v) is 10.5. The summed E-state index contributed by atoms with van der Waals surface area (Å²) in [6.45, 7) is 0. The predicted molar refractivity (Wildman–Crippen MR) is 262 cm³/mol. The van der Waals surface area contributed by atoms with Crippen molar-refractivity contribution < 1.29 is 0 Å². The molecular formula is C61H41N. The molecule has 11 aromatic rings. The molecule has 0 amide bonds. The second-order valence-corrected chi connectivity index (χ2v) is 16.4. The van der Waals surface area contributed by atoms with Crippen molar-refractivity contribution in [1.29, 1.82) is 0 Å². The second-order valence-electron chi connectivity index (χ2n) is 16.4. The Bertz CT molecular complexity index is 3420. The Balaban J connectivity index is 1.10. The molecule has 1 aliphatic carbocycles.